The zero-order chi connectivity index (χ0) is 31.9. The van der Waals surface area contributed by atoms with Crippen molar-refractivity contribution in [1.82, 2.24) is 19.9 Å². The molecule has 4 aromatic heterocycles. The largest absolute Gasteiger partial charge is 0.497 e. The van der Waals surface area contributed by atoms with Crippen LogP contribution in [0, 0.1) is 0 Å². The molecular formula is C36H28N4O6. The number of ether oxygens (including phenoxy) is 2. The molecule has 8 bridgehead atoms. The van der Waals surface area contributed by atoms with Crippen molar-refractivity contribution < 1.29 is 29.3 Å². The number of carbonyl (C=O) groups is 2. The molecule has 10 heteroatoms. The van der Waals surface area contributed by atoms with Crippen LogP contribution < -0.4 is 30.9 Å². The Morgan fingerprint density at radius 1 is 0.543 bits per heavy atom. The molecule has 1 aliphatic heterocycles. The molecule has 10 nitrogen and oxygen atoms in total. The second-order valence-electron chi connectivity index (χ2n) is 10.8. The molecule has 0 radical (unpaired) electrons. The summed E-state index contributed by atoms with van der Waals surface area (Å²) >= 11 is 0. The van der Waals surface area contributed by atoms with Gasteiger partial charge in [-0.2, -0.15) is 0 Å². The lowest BCUT2D eigenvalue weighted by atomic mass is 9.96. The maximum absolute atomic E-state index is 12.5. The number of benzene rings is 2. The second kappa shape index (κ2) is 11.3. The van der Waals surface area contributed by atoms with Crippen LogP contribution in [0.4, 0.5) is 0 Å². The molecule has 0 spiro atoms. The van der Waals surface area contributed by atoms with Gasteiger partial charge in [-0.15, -0.1) is 0 Å². The minimum absolute atomic E-state index is 0.0612. The van der Waals surface area contributed by atoms with Crippen LogP contribution in [0.25, 0.3) is 23.3 Å². The standard InChI is InChI=1S/C36H28N4O6/c1-45-23-7-9-25(27(17-23)35(41)42)33-29-11-5-21(38-29)15-19-3-4-20(37-19)16-22-6-12-30(39-22)34(32-14-13-31(33)40-32)26-10-8-24(46-2)18-28(26)36(43)44/h3-18,37-40H,1-2H3,(H,41,42)(H,43,44). The highest BCUT2D eigenvalue weighted by Gasteiger charge is 2.21. The minimum atomic E-state index is -1.11. The number of aromatic nitrogens is 4. The van der Waals surface area contributed by atoms with Gasteiger partial charge in [0.25, 0.3) is 0 Å². The third kappa shape index (κ3) is 5.07. The number of fused-ring (bicyclic) bond motifs is 8. The van der Waals surface area contributed by atoms with E-state index in [0.29, 0.717) is 55.9 Å². The first-order valence-corrected chi connectivity index (χ1v) is 14.4. The Hall–Kier alpha value is -6.42. The normalized spacial score (nSPS) is 12.3. The van der Waals surface area contributed by atoms with Crippen LogP contribution in [0.1, 0.15) is 54.6 Å². The SMILES string of the molecule is COc1ccc(C2=c3ccc([nH]3)=C(c3ccc(OC)cc3C(=O)O)c3ccc([nH]3)C=c3ccc([nH]3)=Cc3ccc2[nH]3)c(C(=O)O)c1. The van der Waals surface area contributed by atoms with Gasteiger partial charge in [0.15, 0.2) is 0 Å². The highest BCUT2D eigenvalue weighted by atomic mass is 16.5. The number of hydrogen-bond donors (Lipinski definition) is 6. The van der Waals surface area contributed by atoms with Crippen molar-refractivity contribution in [3.8, 4) is 11.5 Å². The van der Waals surface area contributed by atoms with Gasteiger partial charge >= 0.3 is 11.9 Å². The maximum atomic E-state index is 12.5. The van der Waals surface area contributed by atoms with Gasteiger partial charge in [0, 0.05) is 66.4 Å². The zero-order valence-electron chi connectivity index (χ0n) is 24.8. The van der Waals surface area contributed by atoms with Gasteiger partial charge < -0.3 is 39.6 Å². The monoisotopic (exact) mass is 612 g/mol. The molecule has 0 aliphatic carbocycles. The molecule has 0 amide bonds. The topological polar surface area (TPSA) is 156 Å². The van der Waals surface area contributed by atoms with E-state index in [1.165, 1.54) is 26.4 Å². The summed E-state index contributed by atoms with van der Waals surface area (Å²) in [7, 11) is 2.98. The van der Waals surface area contributed by atoms with Crippen LogP contribution in [-0.2, 0) is 0 Å². The zero-order valence-corrected chi connectivity index (χ0v) is 24.8. The Balaban J connectivity index is 1.63. The molecule has 0 fully saturated rings. The van der Waals surface area contributed by atoms with Gasteiger partial charge in [-0.25, -0.2) is 9.59 Å². The van der Waals surface area contributed by atoms with E-state index in [4.69, 9.17) is 9.47 Å². The molecule has 5 heterocycles. The van der Waals surface area contributed by atoms with Crippen LogP contribution >= 0.6 is 0 Å². The van der Waals surface area contributed by atoms with E-state index >= 15 is 0 Å². The average Bonchev–Trinajstić information content (AvgIpc) is 3.88. The molecule has 0 atom stereocenters. The van der Waals surface area contributed by atoms with E-state index in [0.717, 1.165) is 22.1 Å². The van der Waals surface area contributed by atoms with Crippen LogP contribution in [0.5, 0.6) is 11.5 Å². The number of hydrogen-bond acceptors (Lipinski definition) is 4. The van der Waals surface area contributed by atoms with Gasteiger partial charge in [0.2, 0.25) is 0 Å². The summed E-state index contributed by atoms with van der Waals surface area (Å²) in [5.41, 5.74) is 5.25. The van der Waals surface area contributed by atoms with Crippen LogP contribution in [0.3, 0.4) is 0 Å². The van der Waals surface area contributed by atoms with Crippen LogP contribution in [0.2, 0.25) is 0 Å². The Bertz CT molecular complexity index is 2260. The minimum Gasteiger partial charge on any atom is -0.497 e. The molecular weight excluding hydrogens is 584 g/mol. The number of carboxylic acid groups (broad SMARTS) is 2. The molecule has 1 aliphatic rings. The Labute approximate surface area is 261 Å². The summed E-state index contributed by atoms with van der Waals surface area (Å²) in [6.45, 7) is 0. The van der Waals surface area contributed by atoms with Crippen molar-refractivity contribution in [3.63, 3.8) is 0 Å². The molecule has 6 N–H and O–H groups in total. The third-order valence-corrected chi connectivity index (χ3v) is 7.99. The van der Waals surface area contributed by atoms with E-state index in [1.807, 2.05) is 60.7 Å². The number of nitrogens with one attached hydrogen (secondary N) is 4. The van der Waals surface area contributed by atoms with Gasteiger partial charge in [-0.3, -0.25) is 0 Å². The fourth-order valence-corrected chi connectivity index (χ4v) is 5.86. The number of H-pyrrole nitrogens is 4. The van der Waals surface area contributed by atoms with E-state index in [2.05, 4.69) is 19.9 Å². The van der Waals surface area contributed by atoms with E-state index in [9.17, 15) is 19.8 Å². The Kier molecular flexibility index (Phi) is 6.94. The van der Waals surface area contributed by atoms with Crippen molar-refractivity contribution >= 4 is 35.2 Å². The average molecular weight is 613 g/mol. The molecule has 6 aromatic rings. The quantitative estimate of drug-likeness (QED) is 0.170. The third-order valence-electron chi connectivity index (χ3n) is 7.99. The number of aromatic amines is 4. The molecule has 0 saturated heterocycles. The van der Waals surface area contributed by atoms with Gasteiger partial charge in [0.05, 0.1) is 25.3 Å². The van der Waals surface area contributed by atoms with Crippen molar-refractivity contribution in [2.75, 3.05) is 14.2 Å². The number of rotatable bonds is 6. The first kappa shape index (κ1) is 28.4. The molecule has 0 unspecified atom stereocenters. The summed E-state index contributed by atoms with van der Waals surface area (Å²) in [6, 6.07) is 25.2. The highest BCUT2D eigenvalue weighted by molar-refractivity contribution is 5.98. The predicted molar refractivity (Wildman–Crippen MR) is 172 cm³/mol. The summed E-state index contributed by atoms with van der Waals surface area (Å²) in [5.74, 6) is -1.38. The van der Waals surface area contributed by atoms with Crippen molar-refractivity contribution in [2.45, 2.75) is 0 Å². The first-order chi connectivity index (χ1) is 22.3. The summed E-state index contributed by atoms with van der Waals surface area (Å²) in [4.78, 5) is 38.9. The van der Waals surface area contributed by atoms with E-state index < -0.39 is 11.9 Å². The molecule has 228 valence electrons. The fourth-order valence-electron chi connectivity index (χ4n) is 5.86. The van der Waals surface area contributed by atoms with Gasteiger partial charge in [0.1, 0.15) is 11.5 Å². The first-order valence-electron chi connectivity index (χ1n) is 14.4. The predicted octanol–water partition coefficient (Wildman–Crippen LogP) is 2.88. The van der Waals surface area contributed by atoms with Gasteiger partial charge in [-0.1, -0.05) is 0 Å². The molecule has 2 aromatic carbocycles. The lowest BCUT2D eigenvalue weighted by Gasteiger charge is -2.12. The summed E-state index contributed by atoms with van der Waals surface area (Å²) in [5, 5.41) is 23.5. The van der Waals surface area contributed by atoms with Crippen LogP contribution in [0.15, 0.2) is 84.9 Å². The Morgan fingerprint density at radius 2 is 1.00 bits per heavy atom. The smallest absolute Gasteiger partial charge is 0.336 e. The van der Waals surface area contributed by atoms with Crippen LogP contribution in [-0.4, -0.2) is 56.3 Å². The lowest BCUT2D eigenvalue weighted by molar-refractivity contribution is 0.0685. The van der Waals surface area contributed by atoms with E-state index in [1.54, 1.807) is 24.3 Å². The van der Waals surface area contributed by atoms with Crippen molar-refractivity contribution in [2.24, 2.45) is 0 Å². The molecule has 46 heavy (non-hydrogen) atoms. The number of carboxylic acids is 2. The number of methoxy groups -OCH3 is 2. The van der Waals surface area contributed by atoms with Crippen molar-refractivity contribution in [1.29, 1.82) is 0 Å². The lowest BCUT2D eigenvalue weighted by Crippen LogP contribution is -2.19. The molecule has 7 rings (SSSR count). The second-order valence-corrected chi connectivity index (χ2v) is 10.8. The van der Waals surface area contributed by atoms with E-state index in [-0.39, 0.29) is 11.1 Å². The molecule has 0 saturated carbocycles. The maximum Gasteiger partial charge on any atom is 0.336 e. The summed E-state index contributed by atoms with van der Waals surface area (Å²) in [6.07, 6.45) is 3.94. The summed E-state index contributed by atoms with van der Waals surface area (Å²) < 4.78 is 10.7. The highest BCUT2D eigenvalue weighted by Crippen LogP contribution is 2.29. The number of aromatic carboxylic acids is 2. The fraction of sp³-hybridized carbons (Fsp3) is 0.0556. The Morgan fingerprint density at radius 3 is 1.41 bits per heavy atom. The van der Waals surface area contributed by atoms with Gasteiger partial charge in [-0.05, 0) is 97.1 Å². The van der Waals surface area contributed by atoms with Crippen molar-refractivity contribution in [3.05, 3.63) is 151 Å².